The Labute approximate surface area is 82.6 Å². The maximum Gasteiger partial charge on any atom is 0.0502 e. The lowest BCUT2D eigenvalue weighted by molar-refractivity contribution is 0.277. The smallest absolute Gasteiger partial charge is 0.0502 e. The first-order valence-corrected chi connectivity index (χ1v) is 4.75. The number of aliphatic hydroxyl groups is 1. The van der Waals surface area contributed by atoms with Gasteiger partial charge in [0, 0.05) is 18.8 Å². The van der Waals surface area contributed by atoms with Crippen LogP contribution in [0.4, 0.5) is 0 Å². The van der Waals surface area contributed by atoms with Crippen LogP contribution in [0.1, 0.15) is 18.0 Å². The molecular formula is C11H14N2O. The van der Waals surface area contributed by atoms with Gasteiger partial charge in [0.2, 0.25) is 0 Å². The molecule has 0 radical (unpaired) electrons. The van der Waals surface area contributed by atoms with Gasteiger partial charge in [-0.1, -0.05) is 18.2 Å². The van der Waals surface area contributed by atoms with E-state index in [0.29, 0.717) is 6.42 Å². The number of aromatic nitrogens is 1. The van der Waals surface area contributed by atoms with Gasteiger partial charge >= 0.3 is 0 Å². The van der Waals surface area contributed by atoms with E-state index in [2.05, 4.69) is 4.98 Å². The number of para-hydroxylation sites is 1. The molecule has 0 amide bonds. The number of aromatic amines is 1. The van der Waals surface area contributed by atoms with Gasteiger partial charge in [0.1, 0.15) is 0 Å². The molecule has 0 aliphatic carbocycles. The normalized spacial score (nSPS) is 13.3. The third-order valence-corrected chi connectivity index (χ3v) is 2.46. The molecule has 1 aromatic carbocycles. The number of H-pyrrole nitrogens is 1. The van der Waals surface area contributed by atoms with Crippen LogP contribution >= 0.6 is 0 Å². The largest absolute Gasteiger partial charge is 0.396 e. The molecule has 1 heterocycles. The second-order valence-electron chi connectivity index (χ2n) is 3.41. The van der Waals surface area contributed by atoms with Gasteiger partial charge in [0.05, 0.1) is 5.52 Å². The Morgan fingerprint density at radius 3 is 3.00 bits per heavy atom. The monoisotopic (exact) mass is 190 g/mol. The molecule has 1 aromatic heterocycles. The molecule has 0 aliphatic rings. The minimum Gasteiger partial charge on any atom is -0.396 e. The molecule has 0 spiro atoms. The maximum absolute atomic E-state index is 8.83. The summed E-state index contributed by atoms with van der Waals surface area (Å²) >= 11 is 0. The number of nitrogens with one attached hydrogen (secondary N) is 1. The standard InChI is InChI=1S/C11H14N2O/c12-10(5-7-14)9-3-1-2-8-4-6-13-11(8)9/h1-4,6,10,13-14H,5,7,12H2/t10-/m1/s1. The predicted octanol–water partition coefficient (Wildman–Crippen LogP) is 1.55. The Morgan fingerprint density at radius 2 is 2.21 bits per heavy atom. The topological polar surface area (TPSA) is 62.0 Å². The van der Waals surface area contributed by atoms with Crippen molar-refractivity contribution in [3.8, 4) is 0 Å². The zero-order valence-electron chi connectivity index (χ0n) is 7.90. The summed E-state index contributed by atoms with van der Waals surface area (Å²) in [5.41, 5.74) is 8.10. The van der Waals surface area contributed by atoms with Crippen LogP contribution in [0.5, 0.6) is 0 Å². The van der Waals surface area contributed by atoms with Crippen LogP contribution in [0.3, 0.4) is 0 Å². The minimum atomic E-state index is -0.0950. The molecule has 3 nitrogen and oxygen atoms in total. The molecule has 0 bridgehead atoms. The van der Waals surface area contributed by atoms with E-state index < -0.39 is 0 Å². The van der Waals surface area contributed by atoms with Crippen LogP contribution in [-0.4, -0.2) is 16.7 Å². The Hall–Kier alpha value is -1.32. The van der Waals surface area contributed by atoms with Crippen LogP contribution in [-0.2, 0) is 0 Å². The number of hydrogen-bond donors (Lipinski definition) is 3. The first-order chi connectivity index (χ1) is 6.83. The summed E-state index contributed by atoms with van der Waals surface area (Å²) in [4.78, 5) is 3.17. The number of aliphatic hydroxyl groups excluding tert-OH is 1. The Morgan fingerprint density at radius 1 is 1.36 bits per heavy atom. The van der Waals surface area contributed by atoms with Crippen LogP contribution in [0.25, 0.3) is 10.9 Å². The maximum atomic E-state index is 8.83. The van der Waals surface area contributed by atoms with Gasteiger partial charge in [-0.05, 0) is 23.4 Å². The quantitative estimate of drug-likeness (QED) is 0.687. The van der Waals surface area contributed by atoms with Gasteiger partial charge in [-0.15, -0.1) is 0 Å². The molecule has 14 heavy (non-hydrogen) atoms. The predicted molar refractivity (Wildman–Crippen MR) is 56.9 cm³/mol. The van der Waals surface area contributed by atoms with Crippen molar-refractivity contribution >= 4 is 10.9 Å². The van der Waals surface area contributed by atoms with E-state index in [1.165, 1.54) is 0 Å². The zero-order valence-corrected chi connectivity index (χ0v) is 7.90. The Kier molecular flexibility index (Phi) is 2.52. The molecule has 0 fully saturated rings. The van der Waals surface area contributed by atoms with Crippen molar-refractivity contribution in [3.05, 3.63) is 36.0 Å². The van der Waals surface area contributed by atoms with E-state index in [4.69, 9.17) is 10.8 Å². The summed E-state index contributed by atoms with van der Waals surface area (Å²) in [6.45, 7) is 0.123. The highest BCUT2D eigenvalue weighted by molar-refractivity contribution is 5.82. The third kappa shape index (κ3) is 1.52. The Balaban J connectivity index is 2.45. The van der Waals surface area contributed by atoms with E-state index in [0.717, 1.165) is 16.5 Å². The number of nitrogens with two attached hydrogens (primary N) is 1. The lowest BCUT2D eigenvalue weighted by Gasteiger charge is -2.11. The second kappa shape index (κ2) is 3.82. The van der Waals surface area contributed by atoms with Gasteiger partial charge in [-0.25, -0.2) is 0 Å². The number of rotatable bonds is 3. The third-order valence-electron chi connectivity index (χ3n) is 2.46. The summed E-state index contributed by atoms with van der Waals surface area (Å²) in [5.74, 6) is 0. The number of hydrogen-bond acceptors (Lipinski definition) is 2. The summed E-state index contributed by atoms with van der Waals surface area (Å²) < 4.78 is 0. The minimum absolute atomic E-state index is 0.0950. The molecule has 4 N–H and O–H groups in total. The number of fused-ring (bicyclic) bond motifs is 1. The molecule has 0 saturated heterocycles. The van der Waals surface area contributed by atoms with Crippen LogP contribution in [0, 0.1) is 0 Å². The van der Waals surface area contributed by atoms with E-state index >= 15 is 0 Å². The van der Waals surface area contributed by atoms with E-state index in [1.807, 2.05) is 30.5 Å². The number of benzene rings is 1. The molecule has 0 saturated carbocycles. The average Bonchev–Trinajstić information content (AvgIpc) is 2.65. The SMILES string of the molecule is N[C@H](CCO)c1cccc2cc[nH]c12. The Bertz CT molecular complexity index is 422. The summed E-state index contributed by atoms with van der Waals surface area (Å²) in [6, 6.07) is 7.95. The van der Waals surface area contributed by atoms with Crippen molar-refractivity contribution in [1.82, 2.24) is 4.98 Å². The van der Waals surface area contributed by atoms with Crippen LogP contribution in [0.15, 0.2) is 30.5 Å². The molecule has 0 aliphatic heterocycles. The van der Waals surface area contributed by atoms with Crippen molar-refractivity contribution in [2.24, 2.45) is 5.73 Å². The van der Waals surface area contributed by atoms with E-state index in [1.54, 1.807) is 0 Å². The van der Waals surface area contributed by atoms with Gasteiger partial charge in [-0.2, -0.15) is 0 Å². The zero-order chi connectivity index (χ0) is 9.97. The van der Waals surface area contributed by atoms with Crippen molar-refractivity contribution in [2.75, 3.05) is 6.61 Å². The van der Waals surface area contributed by atoms with Gasteiger partial charge in [-0.3, -0.25) is 0 Å². The molecule has 1 atom stereocenters. The molecule has 3 heteroatoms. The fourth-order valence-electron chi connectivity index (χ4n) is 1.71. The molecule has 0 unspecified atom stereocenters. The van der Waals surface area contributed by atoms with Crippen LogP contribution < -0.4 is 5.73 Å². The first kappa shape index (κ1) is 9.24. The fourth-order valence-corrected chi connectivity index (χ4v) is 1.71. The summed E-state index contributed by atoms with van der Waals surface area (Å²) in [5, 5.41) is 9.99. The highest BCUT2D eigenvalue weighted by Crippen LogP contribution is 2.23. The van der Waals surface area contributed by atoms with Crippen molar-refractivity contribution in [1.29, 1.82) is 0 Å². The highest BCUT2D eigenvalue weighted by Gasteiger charge is 2.09. The van der Waals surface area contributed by atoms with Crippen molar-refractivity contribution < 1.29 is 5.11 Å². The summed E-state index contributed by atoms with van der Waals surface area (Å²) in [7, 11) is 0. The van der Waals surface area contributed by atoms with Gasteiger partial charge in [0.25, 0.3) is 0 Å². The molecular weight excluding hydrogens is 176 g/mol. The first-order valence-electron chi connectivity index (χ1n) is 4.75. The molecule has 2 rings (SSSR count). The summed E-state index contributed by atoms with van der Waals surface area (Å²) in [6.07, 6.45) is 2.50. The van der Waals surface area contributed by atoms with E-state index in [-0.39, 0.29) is 12.6 Å². The molecule has 2 aromatic rings. The lowest BCUT2D eigenvalue weighted by Crippen LogP contribution is -2.12. The lowest BCUT2D eigenvalue weighted by atomic mass is 10.0. The van der Waals surface area contributed by atoms with Crippen LogP contribution in [0.2, 0.25) is 0 Å². The van der Waals surface area contributed by atoms with E-state index in [9.17, 15) is 0 Å². The fraction of sp³-hybridized carbons (Fsp3) is 0.273. The highest BCUT2D eigenvalue weighted by atomic mass is 16.3. The van der Waals surface area contributed by atoms with Crippen molar-refractivity contribution in [3.63, 3.8) is 0 Å². The van der Waals surface area contributed by atoms with Gasteiger partial charge in [0.15, 0.2) is 0 Å². The van der Waals surface area contributed by atoms with Crippen molar-refractivity contribution in [2.45, 2.75) is 12.5 Å². The molecule has 74 valence electrons. The van der Waals surface area contributed by atoms with Gasteiger partial charge < -0.3 is 15.8 Å². The second-order valence-corrected chi connectivity index (χ2v) is 3.41. The average molecular weight is 190 g/mol.